The lowest BCUT2D eigenvalue weighted by Gasteiger charge is -2.13. The number of aromatic nitrogens is 1. The lowest BCUT2D eigenvalue weighted by Crippen LogP contribution is -2.24. The van der Waals surface area contributed by atoms with E-state index in [4.69, 9.17) is 0 Å². The number of nitrogens with zero attached hydrogens (tertiary/aromatic N) is 1. The third-order valence-electron chi connectivity index (χ3n) is 5.19. The second-order valence-corrected chi connectivity index (χ2v) is 6.62. The quantitative estimate of drug-likeness (QED) is 0.834. The van der Waals surface area contributed by atoms with Gasteiger partial charge in [-0.2, -0.15) is 0 Å². The van der Waals surface area contributed by atoms with Crippen molar-refractivity contribution < 1.29 is 4.79 Å². The number of hydrogen-bond acceptors (Lipinski definition) is 1. The summed E-state index contributed by atoms with van der Waals surface area (Å²) in [5, 5.41) is 4.24. The van der Waals surface area contributed by atoms with Gasteiger partial charge < -0.3 is 9.88 Å². The smallest absolute Gasteiger partial charge is 0.251 e. The molecule has 1 amide bonds. The van der Waals surface area contributed by atoms with Crippen LogP contribution in [0.4, 0.5) is 0 Å². The molecule has 1 heterocycles. The number of allylic oxidation sites excluding steroid dienone is 1. The monoisotopic (exact) mass is 310 g/mol. The Kier molecular flexibility index (Phi) is 4.56. The lowest BCUT2D eigenvalue weighted by molar-refractivity contribution is 0.0954. The van der Waals surface area contributed by atoms with Crippen LogP contribution in [-0.2, 0) is 7.05 Å². The first-order chi connectivity index (χ1) is 11.1. The maximum atomic E-state index is 12.4. The van der Waals surface area contributed by atoms with Crippen LogP contribution < -0.4 is 5.32 Å². The predicted octanol–water partition coefficient (Wildman–Crippen LogP) is 4.42. The summed E-state index contributed by atoms with van der Waals surface area (Å²) in [5.41, 5.74) is 5.94. The standard InChI is InChI=1S/C20H26N2O/c1-14-15(2)22(3)19-10-9-17(13-18(14)19)20(23)21-12-11-16-7-5-4-6-8-16/h7,9-10,13H,4-6,8,11-12H2,1-3H3,(H,21,23). The molecule has 0 fully saturated rings. The van der Waals surface area contributed by atoms with Crippen molar-refractivity contribution in [1.82, 2.24) is 9.88 Å². The Bertz CT molecular complexity index is 768. The van der Waals surface area contributed by atoms with Crippen LogP contribution in [0.3, 0.4) is 0 Å². The first-order valence-electron chi connectivity index (χ1n) is 8.59. The minimum absolute atomic E-state index is 0.0317. The van der Waals surface area contributed by atoms with E-state index < -0.39 is 0 Å². The molecule has 1 aliphatic rings. The Balaban J connectivity index is 1.68. The molecule has 3 heteroatoms. The van der Waals surface area contributed by atoms with Gasteiger partial charge >= 0.3 is 0 Å². The van der Waals surface area contributed by atoms with Gasteiger partial charge in [-0.25, -0.2) is 0 Å². The van der Waals surface area contributed by atoms with E-state index in [2.05, 4.69) is 36.9 Å². The van der Waals surface area contributed by atoms with E-state index in [1.54, 1.807) is 0 Å². The molecule has 0 saturated carbocycles. The molecule has 2 aromatic rings. The molecule has 0 unspecified atom stereocenters. The van der Waals surface area contributed by atoms with Crippen molar-refractivity contribution in [3.8, 4) is 0 Å². The van der Waals surface area contributed by atoms with Crippen LogP contribution in [0, 0.1) is 13.8 Å². The zero-order valence-corrected chi connectivity index (χ0v) is 14.4. The van der Waals surface area contributed by atoms with E-state index in [1.807, 2.05) is 18.2 Å². The van der Waals surface area contributed by atoms with E-state index in [0.717, 1.165) is 18.5 Å². The Hall–Kier alpha value is -2.03. The average Bonchev–Trinajstić information content (AvgIpc) is 2.80. The van der Waals surface area contributed by atoms with Gasteiger partial charge in [0, 0.05) is 35.8 Å². The highest BCUT2D eigenvalue weighted by atomic mass is 16.1. The van der Waals surface area contributed by atoms with E-state index in [-0.39, 0.29) is 5.91 Å². The molecule has 0 spiro atoms. The highest BCUT2D eigenvalue weighted by molar-refractivity contribution is 5.99. The summed E-state index contributed by atoms with van der Waals surface area (Å²) in [6.45, 7) is 4.97. The maximum Gasteiger partial charge on any atom is 0.251 e. The zero-order valence-electron chi connectivity index (χ0n) is 14.4. The molecule has 0 atom stereocenters. The first-order valence-corrected chi connectivity index (χ1v) is 8.59. The number of nitrogens with one attached hydrogen (secondary N) is 1. The van der Waals surface area contributed by atoms with Gasteiger partial charge in [0.2, 0.25) is 0 Å². The van der Waals surface area contributed by atoms with Crippen LogP contribution in [0.25, 0.3) is 10.9 Å². The van der Waals surface area contributed by atoms with Crippen molar-refractivity contribution in [1.29, 1.82) is 0 Å². The van der Waals surface area contributed by atoms with Crippen molar-refractivity contribution in [2.24, 2.45) is 7.05 Å². The first kappa shape index (κ1) is 15.9. The second-order valence-electron chi connectivity index (χ2n) is 6.62. The summed E-state index contributed by atoms with van der Waals surface area (Å²) in [6, 6.07) is 6.00. The largest absolute Gasteiger partial charge is 0.352 e. The molecule has 1 aliphatic carbocycles. The summed E-state index contributed by atoms with van der Waals surface area (Å²) >= 11 is 0. The SMILES string of the molecule is Cc1c(C)n(C)c2ccc(C(=O)NCCC3=CCCCC3)cc12. The lowest BCUT2D eigenvalue weighted by atomic mass is 9.97. The second kappa shape index (κ2) is 6.61. The molecule has 0 saturated heterocycles. The van der Waals surface area contributed by atoms with Crippen LogP contribution >= 0.6 is 0 Å². The van der Waals surface area contributed by atoms with E-state index >= 15 is 0 Å². The summed E-state index contributed by atoms with van der Waals surface area (Å²) in [6.07, 6.45) is 8.33. The van der Waals surface area contributed by atoms with Crippen molar-refractivity contribution in [3.63, 3.8) is 0 Å². The van der Waals surface area contributed by atoms with Gasteiger partial charge in [-0.1, -0.05) is 11.6 Å². The van der Waals surface area contributed by atoms with Crippen LogP contribution in [0.15, 0.2) is 29.8 Å². The number of hydrogen-bond donors (Lipinski definition) is 1. The highest BCUT2D eigenvalue weighted by Crippen LogP contribution is 2.25. The predicted molar refractivity (Wildman–Crippen MR) is 95.9 cm³/mol. The van der Waals surface area contributed by atoms with E-state index in [9.17, 15) is 4.79 Å². The summed E-state index contributed by atoms with van der Waals surface area (Å²) in [4.78, 5) is 12.4. The molecule has 3 nitrogen and oxygen atoms in total. The fourth-order valence-corrected chi connectivity index (χ4v) is 3.47. The normalized spacial score (nSPS) is 14.8. The third-order valence-corrected chi connectivity index (χ3v) is 5.19. The summed E-state index contributed by atoms with van der Waals surface area (Å²) in [5.74, 6) is 0.0317. The van der Waals surface area contributed by atoms with Gasteiger partial charge in [0.05, 0.1) is 0 Å². The fourth-order valence-electron chi connectivity index (χ4n) is 3.47. The molecule has 1 aromatic heterocycles. The van der Waals surface area contributed by atoms with Crippen molar-refractivity contribution >= 4 is 16.8 Å². The molecule has 0 bridgehead atoms. The average molecular weight is 310 g/mol. The number of amides is 1. The molecule has 1 aromatic carbocycles. The number of carbonyl (C=O) groups is 1. The van der Waals surface area contributed by atoms with Gasteiger partial charge in [-0.05, 0) is 69.7 Å². The molecular formula is C20H26N2O. The number of aryl methyl sites for hydroxylation is 2. The van der Waals surface area contributed by atoms with Gasteiger partial charge in [-0.3, -0.25) is 4.79 Å². The molecule has 0 radical (unpaired) electrons. The molecule has 0 aliphatic heterocycles. The Morgan fingerprint density at radius 2 is 2.09 bits per heavy atom. The van der Waals surface area contributed by atoms with Gasteiger partial charge in [0.25, 0.3) is 5.91 Å². The summed E-state index contributed by atoms with van der Waals surface area (Å²) < 4.78 is 2.18. The Morgan fingerprint density at radius 3 is 2.83 bits per heavy atom. The van der Waals surface area contributed by atoms with E-state index in [1.165, 1.54) is 53.4 Å². The summed E-state index contributed by atoms with van der Waals surface area (Å²) in [7, 11) is 2.07. The van der Waals surface area contributed by atoms with Crippen LogP contribution in [0.2, 0.25) is 0 Å². The fraction of sp³-hybridized carbons (Fsp3) is 0.450. The number of carbonyl (C=O) groups excluding carboxylic acids is 1. The molecular weight excluding hydrogens is 284 g/mol. The minimum atomic E-state index is 0.0317. The van der Waals surface area contributed by atoms with Gasteiger partial charge in [-0.15, -0.1) is 0 Å². The van der Waals surface area contributed by atoms with Crippen molar-refractivity contribution in [2.75, 3.05) is 6.54 Å². The van der Waals surface area contributed by atoms with Crippen molar-refractivity contribution in [2.45, 2.75) is 46.0 Å². The number of fused-ring (bicyclic) bond motifs is 1. The topological polar surface area (TPSA) is 34.0 Å². The Morgan fingerprint density at radius 1 is 1.26 bits per heavy atom. The molecule has 3 rings (SSSR count). The third kappa shape index (κ3) is 3.19. The molecule has 1 N–H and O–H groups in total. The van der Waals surface area contributed by atoms with E-state index in [0.29, 0.717) is 0 Å². The molecule has 23 heavy (non-hydrogen) atoms. The number of rotatable bonds is 4. The van der Waals surface area contributed by atoms with Gasteiger partial charge in [0.1, 0.15) is 0 Å². The Labute approximate surface area is 138 Å². The molecule has 122 valence electrons. The maximum absolute atomic E-state index is 12.4. The highest BCUT2D eigenvalue weighted by Gasteiger charge is 2.12. The van der Waals surface area contributed by atoms with Crippen LogP contribution in [-0.4, -0.2) is 17.0 Å². The van der Waals surface area contributed by atoms with Crippen LogP contribution in [0.5, 0.6) is 0 Å². The van der Waals surface area contributed by atoms with Crippen molar-refractivity contribution in [3.05, 3.63) is 46.7 Å². The van der Waals surface area contributed by atoms with Crippen LogP contribution in [0.1, 0.15) is 53.7 Å². The zero-order chi connectivity index (χ0) is 16.4. The van der Waals surface area contributed by atoms with Gasteiger partial charge in [0.15, 0.2) is 0 Å². The number of benzene rings is 1. The minimum Gasteiger partial charge on any atom is -0.352 e.